The second-order valence-corrected chi connectivity index (χ2v) is 14.5. The predicted molar refractivity (Wildman–Crippen MR) is 135 cm³/mol. The van der Waals surface area contributed by atoms with Crippen LogP contribution in [0, 0.1) is 10.1 Å². The summed E-state index contributed by atoms with van der Waals surface area (Å²) in [6, 6.07) is 1.32. The quantitative estimate of drug-likeness (QED) is 0.347. The van der Waals surface area contributed by atoms with Crippen molar-refractivity contribution in [3.63, 3.8) is 0 Å². The monoisotopic (exact) mass is 562 g/mol. The molecule has 0 aromatic carbocycles. The average Bonchev–Trinajstić information content (AvgIpc) is 3.27. The topological polar surface area (TPSA) is 167 Å². The first-order valence-corrected chi connectivity index (χ1v) is 15.1. The van der Waals surface area contributed by atoms with Crippen LogP contribution in [0.1, 0.15) is 33.3 Å². The molecule has 1 aliphatic heterocycles. The van der Waals surface area contributed by atoms with Gasteiger partial charge in [-0.1, -0.05) is 0 Å². The van der Waals surface area contributed by atoms with Gasteiger partial charge in [0.05, 0.1) is 22.8 Å². The van der Waals surface area contributed by atoms with Crippen LogP contribution in [0.5, 0.6) is 0 Å². The van der Waals surface area contributed by atoms with E-state index in [1.807, 2.05) is 0 Å². The van der Waals surface area contributed by atoms with Gasteiger partial charge in [-0.2, -0.15) is 8.61 Å². The standard InChI is InChI=1S/C20H30N6O7S3/c1-14(2)25(35(5,30)31)13-16-12-23(36(32,33)18-7-6-17(34-18)26(28)29)8-9-24(16)19-21-10-15(11-22-19)20(3,4)27/h6-7,10-11,14,16,27H,8-9,12-13H2,1-5H3/t16-/m1/s1. The molecule has 1 saturated heterocycles. The smallest absolute Gasteiger partial charge is 0.325 e. The van der Waals surface area contributed by atoms with Crippen molar-refractivity contribution < 1.29 is 26.9 Å². The third-order valence-electron chi connectivity index (χ3n) is 5.78. The lowest BCUT2D eigenvalue weighted by Gasteiger charge is -2.42. The summed E-state index contributed by atoms with van der Waals surface area (Å²) in [6.45, 7) is 6.74. The van der Waals surface area contributed by atoms with E-state index in [-0.39, 0.29) is 47.4 Å². The van der Waals surface area contributed by atoms with Gasteiger partial charge in [-0.05, 0) is 45.1 Å². The third-order valence-corrected chi connectivity index (χ3v) is 10.6. The molecule has 36 heavy (non-hydrogen) atoms. The summed E-state index contributed by atoms with van der Waals surface area (Å²) in [5.41, 5.74) is -0.665. The maximum atomic E-state index is 13.3. The summed E-state index contributed by atoms with van der Waals surface area (Å²) in [5, 5.41) is 21.0. The maximum absolute atomic E-state index is 13.3. The number of aromatic nitrogens is 2. The minimum absolute atomic E-state index is 0.0241. The van der Waals surface area contributed by atoms with Gasteiger partial charge < -0.3 is 10.0 Å². The molecular formula is C20H30N6O7S3. The first-order chi connectivity index (χ1) is 16.5. The Kier molecular flexibility index (Phi) is 8.07. The Morgan fingerprint density at radius 2 is 1.83 bits per heavy atom. The Bertz CT molecular complexity index is 1300. The second-order valence-electron chi connectivity index (χ2n) is 9.32. The Hall–Kier alpha value is -2.24. The maximum Gasteiger partial charge on any atom is 0.325 e. The van der Waals surface area contributed by atoms with Gasteiger partial charge in [0.1, 0.15) is 4.21 Å². The number of anilines is 1. The highest BCUT2D eigenvalue weighted by Gasteiger charge is 2.39. The van der Waals surface area contributed by atoms with E-state index < -0.39 is 36.6 Å². The first kappa shape index (κ1) is 28.3. The van der Waals surface area contributed by atoms with Crippen LogP contribution in [-0.2, 0) is 25.6 Å². The van der Waals surface area contributed by atoms with Gasteiger partial charge in [0.25, 0.3) is 10.0 Å². The summed E-state index contributed by atoms with van der Waals surface area (Å²) in [7, 11) is -7.67. The van der Waals surface area contributed by atoms with Crippen LogP contribution in [-0.4, -0.2) is 90.0 Å². The van der Waals surface area contributed by atoms with Crippen LogP contribution in [0.15, 0.2) is 28.7 Å². The summed E-state index contributed by atoms with van der Waals surface area (Å²) in [6.07, 6.45) is 4.04. The number of hydrogen-bond acceptors (Lipinski definition) is 11. The lowest BCUT2D eigenvalue weighted by molar-refractivity contribution is -0.380. The minimum Gasteiger partial charge on any atom is -0.386 e. The SMILES string of the molecule is CC(C)N(C[C@H]1CN(S(=O)(=O)c2ccc([N+](=O)[O-])s2)CCN1c1ncc(C(C)(C)O)cn1)S(C)(=O)=O. The molecule has 200 valence electrons. The second kappa shape index (κ2) is 10.3. The molecule has 3 rings (SSSR count). The molecule has 0 unspecified atom stereocenters. The van der Waals surface area contributed by atoms with Crippen molar-refractivity contribution in [2.24, 2.45) is 0 Å². The fourth-order valence-electron chi connectivity index (χ4n) is 3.86. The number of piperazine rings is 1. The van der Waals surface area contributed by atoms with Crippen LogP contribution in [0.4, 0.5) is 10.9 Å². The molecule has 1 fully saturated rings. The van der Waals surface area contributed by atoms with Gasteiger partial charge in [0.15, 0.2) is 0 Å². The molecule has 0 spiro atoms. The Balaban J connectivity index is 1.96. The van der Waals surface area contributed by atoms with E-state index in [0.29, 0.717) is 16.9 Å². The molecule has 2 aromatic rings. The van der Waals surface area contributed by atoms with Gasteiger partial charge in [0.2, 0.25) is 16.0 Å². The lowest BCUT2D eigenvalue weighted by atomic mass is 10.0. The molecule has 1 aliphatic rings. The number of aliphatic hydroxyl groups is 1. The summed E-state index contributed by atoms with van der Waals surface area (Å²) in [5.74, 6) is 0.272. The Morgan fingerprint density at radius 1 is 1.22 bits per heavy atom. The first-order valence-electron chi connectivity index (χ1n) is 11.0. The van der Waals surface area contributed by atoms with Gasteiger partial charge in [-0.3, -0.25) is 10.1 Å². The number of sulfonamides is 2. The molecule has 0 radical (unpaired) electrons. The number of nitro groups is 1. The van der Waals surface area contributed by atoms with E-state index in [1.165, 1.54) is 27.1 Å². The van der Waals surface area contributed by atoms with Crippen molar-refractivity contribution in [1.82, 2.24) is 18.6 Å². The predicted octanol–water partition coefficient (Wildman–Crippen LogP) is 1.22. The molecule has 0 bridgehead atoms. The van der Waals surface area contributed by atoms with Gasteiger partial charge in [-0.15, -0.1) is 0 Å². The van der Waals surface area contributed by atoms with E-state index in [1.54, 1.807) is 32.6 Å². The normalized spacial score (nSPS) is 18.2. The van der Waals surface area contributed by atoms with Crippen molar-refractivity contribution in [3.05, 3.63) is 40.2 Å². The molecule has 13 nitrogen and oxygen atoms in total. The average molecular weight is 563 g/mol. The van der Waals surface area contributed by atoms with E-state index >= 15 is 0 Å². The minimum atomic E-state index is -4.05. The third kappa shape index (κ3) is 6.18. The molecule has 0 amide bonds. The van der Waals surface area contributed by atoms with E-state index in [0.717, 1.165) is 12.3 Å². The summed E-state index contributed by atoms with van der Waals surface area (Å²) in [4.78, 5) is 20.8. The zero-order chi connectivity index (χ0) is 27.1. The molecule has 0 saturated carbocycles. The lowest BCUT2D eigenvalue weighted by Crippen LogP contribution is -2.59. The van der Waals surface area contributed by atoms with Crippen molar-refractivity contribution >= 4 is 42.3 Å². The molecule has 3 heterocycles. The van der Waals surface area contributed by atoms with E-state index in [2.05, 4.69) is 9.97 Å². The van der Waals surface area contributed by atoms with Crippen molar-refractivity contribution in [3.8, 4) is 0 Å². The fourth-order valence-corrected chi connectivity index (χ4v) is 7.80. The fraction of sp³-hybridized carbons (Fsp3) is 0.600. The Labute approximate surface area is 214 Å². The number of rotatable bonds is 9. The molecular weight excluding hydrogens is 532 g/mol. The summed E-state index contributed by atoms with van der Waals surface area (Å²) >= 11 is 0.570. The molecule has 16 heteroatoms. The number of thiophene rings is 1. The zero-order valence-electron chi connectivity index (χ0n) is 20.6. The van der Waals surface area contributed by atoms with Crippen LogP contribution in [0.2, 0.25) is 0 Å². The highest BCUT2D eigenvalue weighted by atomic mass is 32.2. The zero-order valence-corrected chi connectivity index (χ0v) is 23.0. The largest absolute Gasteiger partial charge is 0.386 e. The van der Waals surface area contributed by atoms with E-state index in [9.17, 15) is 32.1 Å². The van der Waals surface area contributed by atoms with Crippen LogP contribution < -0.4 is 4.90 Å². The van der Waals surface area contributed by atoms with Crippen molar-refractivity contribution in [2.75, 3.05) is 37.3 Å². The molecule has 1 atom stereocenters. The van der Waals surface area contributed by atoms with Gasteiger partial charge >= 0.3 is 5.00 Å². The molecule has 2 aromatic heterocycles. The van der Waals surface area contributed by atoms with Crippen molar-refractivity contribution in [2.45, 2.75) is 49.6 Å². The highest BCUT2D eigenvalue weighted by Crippen LogP contribution is 2.32. The van der Waals surface area contributed by atoms with Gasteiger partial charge in [-0.25, -0.2) is 26.8 Å². The van der Waals surface area contributed by atoms with Crippen molar-refractivity contribution in [1.29, 1.82) is 0 Å². The molecule has 0 aliphatic carbocycles. The van der Waals surface area contributed by atoms with Crippen LogP contribution >= 0.6 is 11.3 Å². The Morgan fingerprint density at radius 3 is 2.31 bits per heavy atom. The van der Waals surface area contributed by atoms with Crippen LogP contribution in [0.25, 0.3) is 0 Å². The number of hydrogen-bond donors (Lipinski definition) is 1. The summed E-state index contributed by atoms with van der Waals surface area (Å²) < 4.78 is 53.8. The van der Waals surface area contributed by atoms with E-state index in [4.69, 9.17) is 0 Å². The highest BCUT2D eigenvalue weighted by molar-refractivity contribution is 7.91. The number of nitrogens with zero attached hydrogens (tertiary/aromatic N) is 6. The molecule has 1 N–H and O–H groups in total. The van der Waals surface area contributed by atoms with Crippen LogP contribution in [0.3, 0.4) is 0 Å². The van der Waals surface area contributed by atoms with Gasteiger partial charge in [0, 0.05) is 56.2 Å².